The number of carbonyl (C=O) groups is 2. The highest BCUT2D eigenvalue weighted by molar-refractivity contribution is 6.33. The number of benzene rings is 9. The van der Waals surface area contributed by atoms with Gasteiger partial charge in [-0.05, 0) is 100 Å². The van der Waals surface area contributed by atoms with Crippen LogP contribution in [0.5, 0.6) is 11.5 Å². The zero-order chi connectivity index (χ0) is 47.9. The largest absolute Gasteiger partial charge is 0.505 e. The zero-order valence-corrected chi connectivity index (χ0v) is 36.9. The fraction of sp³-hybridized carbons (Fsp3) is 0.0370. The number of hydrogen-bond donors (Lipinski definition) is 4. The maximum atomic E-state index is 13.6. The summed E-state index contributed by atoms with van der Waals surface area (Å²) in [6.45, 7) is 0. The Hall–Kier alpha value is -9.27. The quantitative estimate of drug-likeness (QED) is 0.0616. The van der Waals surface area contributed by atoms with Crippen molar-refractivity contribution in [1.29, 1.82) is 0 Å². The van der Waals surface area contributed by atoms with Crippen molar-refractivity contribution in [3.63, 3.8) is 0 Å². The molecule has 4 N–H and O–H groups in total. The number of phenols is 2. The van der Waals surface area contributed by atoms with E-state index < -0.39 is 23.7 Å². The number of anilines is 2. The molecule has 336 valence electrons. The van der Waals surface area contributed by atoms with Crippen molar-refractivity contribution >= 4 is 79.1 Å². The molecule has 0 aliphatic carbocycles. The van der Waals surface area contributed by atoms with Gasteiger partial charge in [0.2, 0.25) is 0 Å². The van der Waals surface area contributed by atoms with Crippen LogP contribution in [0.2, 0.25) is 5.02 Å². The third-order valence-electron chi connectivity index (χ3n) is 11.3. The lowest BCUT2D eigenvalue weighted by Gasteiger charge is -2.17. The molecule has 2 atom stereocenters. The van der Waals surface area contributed by atoms with Gasteiger partial charge in [-0.25, -0.2) is 0 Å². The molecule has 0 aliphatic heterocycles. The van der Waals surface area contributed by atoms with E-state index in [4.69, 9.17) is 11.6 Å². The molecule has 0 bridgehead atoms. The normalized spacial score (nSPS) is 12.2. The summed E-state index contributed by atoms with van der Waals surface area (Å²) in [5, 5.41) is 55.4. The second-order valence-electron chi connectivity index (χ2n) is 15.7. The van der Waals surface area contributed by atoms with Crippen LogP contribution in [0.15, 0.2) is 219 Å². The summed E-state index contributed by atoms with van der Waals surface area (Å²) in [7, 11) is 0. The minimum Gasteiger partial charge on any atom is -0.505 e. The van der Waals surface area contributed by atoms with Gasteiger partial charge in [0.1, 0.15) is 34.9 Å². The van der Waals surface area contributed by atoms with Gasteiger partial charge in [0, 0.05) is 33.3 Å². The molecule has 0 aliphatic rings. The molecule has 15 heteroatoms. The van der Waals surface area contributed by atoms with E-state index in [2.05, 4.69) is 41.4 Å². The van der Waals surface area contributed by atoms with Crippen LogP contribution in [-0.4, -0.2) is 22.0 Å². The summed E-state index contributed by atoms with van der Waals surface area (Å²) >= 11 is 6.77. The molecule has 9 rings (SSSR count). The minimum absolute atomic E-state index is 0.0213. The van der Waals surface area contributed by atoms with Crippen molar-refractivity contribution in [3.8, 4) is 11.5 Å². The number of hydrogen-bond acceptors (Lipinski definition) is 12. The summed E-state index contributed by atoms with van der Waals surface area (Å²) < 4.78 is 0. The second-order valence-corrected chi connectivity index (χ2v) is 16.1. The zero-order valence-electron chi connectivity index (χ0n) is 36.1. The molecule has 2 unspecified atom stereocenters. The summed E-state index contributed by atoms with van der Waals surface area (Å²) in [5.74, 6) is -1.79. The number of nitrogens with one attached hydrogen (secondary N) is 2. The van der Waals surface area contributed by atoms with Crippen molar-refractivity contribution < 1.29 is 19.8 Å². The Morgan fingerprint density at radius 3 is 1.62 bits per heavy atom. The van der Waals surface area contributed by atoms with E-state index in [1.54, 1.807) is 146 Å². The molecule has 0 saturated heterocycles. The lowest BCUT2D eigenvalue weighted by Crippen LogP contribution is -2.13. The third kappa shape index (κ3) is 9.68. The van der Waals surface area contributed by atoms with Gasteiger partial charge in [0.05, 0.1) is 16.3 Å². The molecule has 2 amide bonds. The Kier molecular flexibility index (Phi) is 13.1. The second kappa shape index (κ2) is 20.1. The molecule has 0 radical (unpaired) electrons. The van der Waals surface area contributed by atoms with Gasteiger partial charge in [-0.3, -0.25) is 9.59 Å². The van der Waals surface area contributed by atoms with Gasteiger partial charge in [-0.1, -0.05) is 137 Å². The number of para-hydroxylation sites is 2. The SMILES string of the molecule is O=NC(c1ccccc1)c1ccc2c(N=Nc3ccc(N=Nc4c(O)c(C(=O)Nc5ccccc5)cc5cc(C(=O)Nc6ccccc6)ccc45)cc3Cl)c(O)c(C(N=O)c3ccccc3)cc2c1. The highest BCUT2D eigenvalue weighted by Crippen LogP contribution is 2.46. The molecule has 0 aromatic heterocycles. The van der Waals surface area contributed by atoms with Gasteiger partial charge in [-0.15, -0.1) is 25.2 Å². The van der Waals surface area contributed by atoms with Crippen LogP contribution in [0, 0.1) is 9.81 Å². The van der Waals surface area contributed by atoms with Crippen molar-refractivity contribution in [1.82, 2.24) is 0 Å². The number of aromatic hydroxyl groups is 2. The first-order valence-electron chi connectivity index (χ1n) is 21.4. The molecule has 9 aromatic carbocycles. The van der Waals surface area contributed by atoms with Crippen LogP contribution in [-0.2, 0) is 0 Å². The fourth-order valence-electron chi connectivity index (χ4n) is 7.87. The van der Waals surface area contributed by atoms with Crippen LogP contribution in [0.3, 0.4) is 0 Å². The first-order chi connectivity index (χ1) is 33.7. The number of rotatable bonds is 14. The van der Waals surface area contributed by atoms with E-state index in [0.29, 0.717) is 55.2 Å². The van der Waals surface area contributed by atoms with Crippen molar-refractivity contribution in [2.75, 3.05) is 10.6 Å². The lowest BCUT2D eigenvalue weighted by molar-refractivity contribution is 0.101. The van der Waals surface area contributed by atoms with Gasteiger partial charge in [-0.2, -0.15) is 5.11 Å². The van der Waals surface area contributed by atoms with Gasteiger partial charge < -0.3 is 20.8 Å². The molecular weight excluding hydrogens is 892 g/mol. The average molecular weight is 929 g/mol. The molecule has 69 heavy (non-hydrogen) atoms. The fourth-order valence-corrected chi connectivity index (χ4v) is 8.08. The number of fused-ring (bicyclic) bond motifs is 2. The van der Waals surface area contributed by atoms with Crippen LogP contribution >= 0.6 is 11.6 Å². The number of phenolic OH excluding ortho intramolecular Hbond substituents is 2. The highest BCUT2D eigenvalue weighted by Gasteiger charge is 2.25. The van der Waals surface area contributed by atoms with Crippen LogP contribution < -0.4 is 10.6 Å². The molecular formula is C54H37ClN8O6. The Balaban J connectivity index is 1.07. The van der Waals surface area contributed by atoms with E-state index in [-0.39, 0.29) is 50.6 Å². The topological polar surface area (TPSA) is 207 Å². The highest BCUT2D eigenvalue weighted by atomic mass is 35.5. The predicted molar refractivity (Wildman–Crippen MR) is 268 cm³/mol. The number of nitroso groups, excluding NO2 is 2. The van der Waals surface area contributed by atoms with Crippen LogP contribution in [0.4, 0.5) is 34.1 Å². The Morgan fingerprint density at radius 1 is 0.478 bits per heavy atom. The maximum Gasteiger partial charge on any atom is 0.259 e. The van der Waals surface area contributed by atoms with Crippen LogP contribution in [0.1, 0.15) is 55.1 Å². The van der Waals surface area contributed by atoms with E-state index in [1.807, 2.05) is 24.3 Å². The Bertz CT molecular complexity index is 3470. The van der Waals surface area contributed by atoms with E-state index in [0.717, 1.165) is 0 Å². The summed E-state index contributed by atoms with van der Waals surface area (Å²) in [5.41, 5.74) is 3.65. The smallest absolute Gasteiger partial charge is 0.259 e. The van der Waals surface area contributed by atoms with Crippen molar-refractivity contribution in [2.24, 2.45) is 30.8 Å². The van der Waals surface area contributed by atoms with E-state index >= 15 is 0 Å². The van der Waals surface area contributed by atoms with Crippen molar-refractivity contribution in [2.45, 2.75) is 12.1 Å². The molecule has 0 saturated carbocycles. The van der Waals surface area contributed by atoms with Gasteiger partial charge >= 0.3 is 0 Å². The monoisotopic (exact) mass is 928 g/mol. The number of halogens is 1. The minimum atomic E-state index is -1.12. The predicted octanol–water partition coefficient (Wildman–Crippen LogP) is 15.1. The summed E-state index contributed by atoms with van der Waals surface area (Å²) in [6, 6.07) is 51.2. The van der Waals surface area contributed by atoms with Gasteiger partial charge in [0.25, 0.3) is 11.8 Å². The molecule has 14 nitrogen and oxygen atoms in total. The maximum absolute atomic E-state index is 13.6. The van der Waals surface area contributed by atoms with E-state index in [1.165, 1.54) is 18.2 Å². The standard InChI is InChI=1S/C54H37ClN8O6/c55-45-31-40(58-60-50-42-25-22-35(53(66)56-38-17-9-3-10-18-38)28-37(42)30-44(52(50)65)54(67)57-39-19-11-4-12-20-39)23-26-46(45)59-61-49-41-24-21-34(47(62-68)32-13-5-1-6-14-32)27-36(41)29-43(51(49)64)48(63-69)33-15-7-2-8-16-33/h1-31,47-48,64-65H,(H,56,66)(H,57,67). The number of nitrogens with zero attached hydrogens (tertiary/aromatic N) is 6. The summed E-state index contributed by atoms with van der Waals surface area (Å²) in [6.07, 6.45) is 0. The molecule has 0 fully saturated rings. The number of azo groups is 2. The summed E-state index contributed by atoms with van der Waals surface area (Å²) in [4.78, 5) is 51.6. The Morgan fingerprint density at radius 2 is 1.01 bits per heavy atom. The Labute approximate surface area is 398 Å². The third-order valence-corrected chi connectivity index (χ3v) is 11.6. The average Bonchev–Trinajstić information content (AvgIpc) is 3.38. The number of carbonyl (C=O) groups excluding carboxylic acids is 2. The first-order valence-corrected chi connectivity index (χ1v) is 21.8. The molecule has 0 heterocycles. The van der Waals surface area contributed by atoms with Crippen LogP contribution in [0.25, 0.3) is 21.5 Å². The lowest BCUT2D eigenvalue weighted by atomic mass is 9.92. The van der Waals surface area contributed by atoms with Crippen molar-refractivity contribution in [3.05, 3.63) is 236 Å². The first kappa shape index (κ1) is 44.9. The number of amides is 2. The van der Waals surface area contributed by atoms with Gasteiger partial charge in [0.15, 0.2) is 5.75 Å². The van der Waals surface area contributed by atoms with E-state index in [9.17, 15) is 29.6 Å². The molecule has 0 spiro atoms. The molecule has 9 aromatic rings.